The Labute approximate surface area is 174 Å². The molecule has 0 saturated heterocycles. The summed E-state index contributed by atoms with van der Waals surface area (Å²) in [6.07, 6.45) is 0. The molecule has 0 radical (unpaired) electrons. The zero-order chi connectivity index (χ0) is 20.6. The molecule has 0 aliphatic rings. The maximum atomic E-state index is 6.04. The molecule has 158 valence electrons. The van der Waals surface area contributed by atoms with Gasteiger partial charge >= 0.3 is 0 Å². The molecule has 0 amide bonds. The molecule has 2 aromatic carbocycles. The number of ether oxygens (including phenoxy) is 2. The lowest BCUT2D eigenvalue weighted by Crippen LogP contribution is -2.27. The van der Waals surface area contributed by atoms with Gasteiger partial charge in [-0.25, -0.2) is 0 Å². The van der Waals surface area contributed by atoms with Gasteiger partial charge < -0.3 is 23.7 Å². The highest BCUT2D eigenvalue weighted by Crippen LogP contribution is 2.33. The molecule has 5 nitrogen and oxygen atoms in total. The molecule has 0 unspecified atom stereocenters. The van der Waals surface area contributed by atoms with Crippen molar-refractivity contribution in [2.24, 2.45) is 0 Å². The maximum absolute atomic E-state index is 6.04. The van der Waals surface area contributed by atoms with Gasteiger partial charge in [-0.2, -0.15) is 0 Å². The van der Waals surface area contributed by atoms with Crippen molar-refractivity contribution in [2.45, 2.75) is 27.7 Å². The summed E-state index contributed by atoms with van der Waals surface area (Å²) in [5.74, 6) is 1.73. The monoisotopic (exact) mass is 398 g/mol. The minimum atomic E-state index is 0.679. The van der Waals surface area contributed by atoms with Crippen molar-refractivity contribution in [3.8, 4) is 11.5 Å². The Morgan fingerprint density at radius 3 is 1.79 bits per heavy atom. The molecule has 0 bridgehead atoms. The third kappa shape index (κ3) is 5.43. The summed E-state index contributed by atoms with van der Waals surface area (Å²) >= 11 is 0. The van der Waals surface area contributed by atoms with Crippen molar-refractivity contribution < 1.29 is 13.9 Å². The van der Waals surface area contributed by atoms with Crippen molar-refractivity contribution in [3.05, 3.63) is 36.4 Å². The standard InChI is InChI=1S/C24H34N2O3/c1-5-25(6-2)13-15-27-19-10-12-23-22(17-19)21-11-9-20(18-24(21)29-23)28-16-14-26(7-3)8-4/h9-12,17-18H,5-8,13-16H2,1-4H3. The Morgan fingerprint density at radius 2 is 1.21 bits per heavy atom. The number of benzene rings is 2. The first-order valence-corrected chi connectivity index (χ1v) is 10.8. The number of fused-ring (bicyclic) bond motifs is 3. The van der Waals surface area contributed by atoms with Crippen LogP contribution in [0.25, 0.3) is 21.9 Å². The predicted octanol–water partition coefficient (Wildman–Crippen LogP) is 5.03. The second-order valence-electron chi connectivity index (χ2n) is 7.17. The van der Waals surface area contributed by atoms with Crippen molar-refractivity contribution in [3.63, 3.8) is 0 Å². The van der Waals surface area contributed by atoms with Crippen LogP contribution >= 0.6 is 0 Å². The zero-order valence-corrected chi connectivity index (χ0v) is 18.2. The number of hydrogen-bond acceptors (Lipinski definition) is 5. The first kappa shape index (κ1) is 21.5. The van der Waals surface area contributed by atoms with Gasteiger partial charge in [-0.3, -0.25) is 0 Å². The number of hydrogen-bond donors (Lipinski definition) is 0. The van der Waals surface area contributed by atoms with Gasteiger partial charge in [0.05, 0.1) is 0 Å². The van der Waals surface area contributed by atoms with Gasteiger partial charge in [0.2, 0.25) is 0 Å². The average molecular weight is 399 g/mol. The van der Waals surface area contributed by atoms with Crippen LogP contribution in [0.1, 0.15) is 27.7 Å². The van der Waals surface area contributed by atoms with Crippen molar-refractivity contribution in [2.75, 3.05) is 52.5 Å². The summed E-state index contributed by atoms with van der Waals surface area (Å²) in [6.45, 7) is 16.1. The smallest absolute Gasteiger partial charge is 0.139 e. The molecule has 29 heavy (non-hydrogen) atoms. The lowest BCUT2D eigenvalue weighted by molar-refractivity contribution is 0.223. The van der Waals surface area contributed by atoms with E-state index >= 15 is 0 Å². The van der Waals surface area contributed by atoms with E-state index in [1.54, 1.807) is 0 Å². The topological polar surface area (TPSA) is 38.1 Å². The van der Waals surface area contributed by atoms with Crippen LogP contribution in [0.4, 0.5) is 0 Å². The fraction of sp³-hybridized carbons (Fsp3) is 0.500. The Bertz CT molecular complexity index is 898. The maximum Gasteiger partial charge on any atom is 0.139 e. The molecule has 0 fully saturated rings. The molecule has 0 N–H and O–H groups in total. The highest BCUT2D eigenvalue weighted by Gasteiger charge is 2.10. The van der Waals surface area contributed by atoms with Gasteiger partial charge in [-0.15, -0.1) is 0 Å². The Kier molecular flexibility index (Phi) is 7.78. The van der Waals surface area contributed by atoms with Gasteiger partial charge in [-0.05, 0) is 56.5 Å². The van der Waals surface area contributed by atoms with E-state index < -0.39 is 0 Å². The van der Waals surface area contributed by atoms with Crippen LogP contribution < -0.4 is 9.47 Å². The van der Waals surface area contributed by atoms with E-state index in [-0.39, 0.29) is 0 Å². The predicted molar refractivity (Wildman–Crippen MR) is 120 cm³/mol. The van der Waals surface area contributed by atoms with Crippen LogP contribution in [0.15, 0.2) is 40.8 Å². The Morgan fingerprint density at radius 1 is 0.655 bits per heavy atom. The number of rotatable bonds is 12. The fourth-order valence-corrected chi connectivity index (χ4v) is 3.58. The van der Waals surface area contributed by atoms with E-state index in [9.17, 15) is 0 Å². The summed E-state index contributed by atoms with van der Waals surface area (Å²) in [7, 11) is 0. The molecule has 0 atom stereocenters. The first-order chi connectivity index (χ1) is 14.2. The van der Waals surface area contributed by atoms with Crippen molar-refractivity contribution in [1.82, 2.24) is 9.80 Å². The largest absolute Gasteiger partial charge is 0.492 e. The van der Waals surface area contributed by atoms with Gasteiger partial charge in [-0.1, -0.05) is 27.7 Å². The Hall–Kier alpha value is -2.24. The Balaban J connectivity index is 1.68. The highest BCUT2D eigenvalue weighted by atomic mass is 16.5. The third-order valence-electron chi connectivity index (χ3n) is 5.56. The van der Waals surface area contributed by atoms with E-state index in [1.807, 2.05) is 24.3 Å². The quantitative estimate of drug-likeness (QED) is 0.428. The van der Waals surface area contributed by atoms with E-state index in [0.29, 0.717) is 13.2 Å². The molecule has 1 heterocycles. The molecule has 0 spiro atoms. The molecular weight excluding hydrogens is 364 g/mol. The average Bonchev–Trinajstić information content (AvgIpc) is 3.11. The van der Waals surface area contributed by atoms with Crippen LogP contribution in [-0.4, -0.2) is 62.3 Å². The van der Waals surface area contributed by atoms with E-state index in [1.165, 1.54) is 0 Å². The molecule has 3 aromatic rings. The molecule has 0 saturated carbocycles. The minimum Gasteiger partial charge on any atom is -0.492 e. The van der Waals surface area contributed by atoms with E-state index in [4.69, 9.17) is 13.9 Å². The normalized spacial score (nSPS) is 11.8. The minimum absolute atomic E-state index is 0.679. The van der Waals surface area contributed by atoms with Crippen LogP contribution in [0, 0.1) is 0 Å². The second-order valence-corrected chi connectivity index (χ2v) is 7.17. The number of furan rings is 1. The van der Waals surface area contributed by atoms with Crippen LogP contribution in [0.2, 0.25) is 0 Å². The highest BCUT2D eigenvalue weighted by molar-refractivity contribution is 6.05. The molecule has 0 aliphatic carbocycles. The summed E-state index contributed by atoms with van der Waals surface area (Å²) in [4.78, 5) is 4.70. The zero-order valence-electron chi connectivity index (χ0n) is 18.2. The summed E-state index contributed by atoms with van der Waals surface area (Å²) in [5, 5.41) is 2.17. The van der Waals surface area contributed by atoms with Crippen molar-refractivity contribution in [1.29, 1.82) is 0 Å². The SMILES string of the molecule is CCN(CC)CCOc1ccc2c(c1)oc1ccc(OCCN(CC)CC)cc12. The van der Waals surface area contributed by atoms with Gasteiger partial charge in [0.25, 0.3) is 0 Å². The molecule has 1 aromatic heterocycles. The van der Waals surface area contributed by atoms with E-state index in [2.05, 4.69) is 49.6 Å². The molecule has 3 rings (SSSR count). The van der Waals surface area contributed by atoms with Crippen LogP contribution in [0.3, 0.4) is 0 Å². The van der Waals surface area contributed by atoms with Crippen LogP contribution in [-0.2, 0) is 0 Å². The fourth-order valence-electron chi connectivity index (χ4n) is 3.58. The van der Waals surface area contributed by atoms with E-state index in [0.717, 1.165) is 72.7 Å². The lowest BCUT2D eigenvalue weighted by atomic mass is 10.1. The first-order valence-electron chi connectivity index (χ1n) is 10.8. The van der Waals surface area contributed by atoms with Gasteiger partial charge in [0.15, 0.2) is 0 Å². The van der Waals surface area contributed by atoms with Gasteiger partial charge in [0, 0.05) is 29.9 Å². The second kappa shape index (κ2) is 10.5. The number of likely N-dealkylation sites (N-methyl/N-ethyl adjacent to an activating group) is 2. The molecular formula is C24H34N2O3. The van der Waals surface area contributed by atoms with Gasteiger partial charge in [0.1, 0.15) is 35.9 Å². The summed E-state index contributed by atoms with van der Waals surface area (Å²) in [6, 6.07) is 12.1. The lowest BCUT2D eigenvalue weighted by Gasteiger charge is -2.18. The molecule has 0 aliphatic heterocycles. The third-order valence-corrected chi connectivity index (χ3v) is 5.56. The van der Waals surface area contributed by atoms with Crippen LogP contribution in [0.5, 0.6) is 11.5 Å². The summed E-state index contributed by atoms with van der Waals surface area (Å²) < 4.78 is 17.9. The number of nitrogens with zero attached hydrogens (tertiary/aromatic N) is 2. The van der Waals surface area contributed by atoms with Crippen molar-refractivity contribution >= 4 is 21.9 Å². The summed E-state index contributed by atoms with van der Waals surface area (Å²) in [5.41, 5.74) is 1.72. The molecule has 5 heteroatoms.